The predicted molar refractivity (Wildman–Crippen MR) is 115 cm³/mol. The summed E-state index contributed by atoms with van der Waals surface area (Å²) in [6.45, 7) is 6.50. The molecular formula is C20H24Cl2N2O5S. The summed E-state index contributed by atoms with van der Waals surface area (Å²) in [4.78, 5) is 27.5. The lowest BCUT2D eigenvalue weighted by molar-refractivity contribution is -0.149. The number of imidazole rings is 1. The molecule has 0 unspecified atom stereocenters. The SMILES string of the molecule is Cc1nc(C(C)C)c(Sc2cc(Cl)cc(Cl)c2)n1COCCOC(=O)CCC(=O)O. The van der Waals surface area contributed by atoms with Crippen molar-refractivity contribution in [2.75, 3.05) is 13.2 Å². The molecule has 2 aromatic rings. The van der Waals surface area contributed by atoms with E-state index in [0.717, 1.165) is 21.4 Å². The van der Waals surface area contributed by atoms with Gasteiger partial charge in [0.05, 0.1) is 25.1 Å². The average Bonchev–Trinajstić information content (AvgIpc) is 2.95. The second-order valence-electron chi connectivity index (χ2n) is 6.79. The predicted octanol–water partition coefficient (Wildman–Crippen LogP) is 5.16. The van der Waals surface area contributed by atoms with Gasteiger partial charge in [0.25, 0.3) is 0 Å². The van der Waals surface area contributed by atoms with Crippen molar-refractivity contribution < 1.29 is 24.2 Å². The Morgan fingerprint density at radius 3 is 2.43 bits per heavy atom. The average molecular weight is 475 g/mol. The van der Waals surface area contributed by atoms with Crippen molar-refractivity contribution in [3.8, 4) is 0 Å². The van der Waals surface area contributed by atoms with E-state index < -0.39 is 11.9 Å². The molecule has 164 valence electrons. The minimum atomic E-state index is -1.04. The summed E-state index contributed by atoms with van der Waals surface area (Å²) in [5, 5.41) is 10.6. The fourth-order valence-corrected chi connectivity index (χ4v) is 4.49. The third-order valence-corrected chi connectivity index (χ3v) is 5.52. The van der Waals surface area contributed by atoms with E-state index in [1.165, 1.54) is 11.8 Å². The number of nitrogens with zero attached hydrogens (tertiary/aromatic N) is 2. The molecule has 0 radical (unpaired) electrons. The summed E-state index contributed by atoms with van der Waals surface area (Å²) in [5.41, 5.74) is 0.942. The third kappa shape index (κ3) is 7.50. The molecule has 10 heteroatoms. The number of carboxylic acid groups (broad SMARTS) is 1. The van der Waals surface area contributed by atoms with Crippen LogP contribution in [0.15, 0.2) is 28.1 Å². The third-order valence-electron chi connectivity index (χ3n) is 3.99. The Bertz CT molecular complexity index is 881. The molecule has 0 amide bonds. The van der Waals surface area contributed by atoms with Gasteiger partial charge < -0.3 is 14.6 Å². The standard InChI is InChI=1S/C20H24Cl2N2O5S/c1-12(2)19-20(30-16-9-14(21)8-15(22)10-16)24(13(3)23-19)11-28-6-7-29-18(27)5-4-17(25)26/h8-10,12H,4-7,11H2,1-3H3,(H,25,26). The van der Waals surface area contributed by atoms with Gasteiger partial charge in [-0.25, -0.2) is 4.98 Å². The molecule has 2 rings (SSSR count). The Kier molecular flexibility index (Phi) is 9.48. The Hall–Kier alpha value is -1.74. The van der Waals surface area contributed by atoms with Gasteiger partial charge in [0.15, 0.2) is 0 Å². The molecule has 1 aromatic heterocycles. The maximum atomic E-state index is 11.4. The maximum absolute atomic E-state index is 11.4. The molecule has 0 aliphatic heterocycles. The summed E-state index contributed by atoms with van der Waals surface area (Å²) in [5.74, 6) is -0.591. The molecule has 0 bridgehead atoms. The van der Waals surface area contributed by atoms with Crippen molar-refractivity contribution in [3.05, 3.63) is 39.8 Å². The normalized spacial score (nSPS) is 11.1. The van der Waals surface area contributed by atoms with Crippen LogP contribution in [-0.4, -0.2) is 39.8 Å². The first-order chi connectivity index (χ1) is 14.2. The number of hydrogen-bond donors (Lipinski definition) is 1. The monoisotopic (exact) mass is 474 g/mol. The first-order valence-corrected chi connectivity index (χ1v) is 10.9. The second kappa shape index (κ2) is 11.6. The Labute approximate surface area is 189 Å². The molecule has 0 saturated carbocycles. The second-order valence-corrected chi connectivity index (χ2v) is 8.73. The van der Waals surface area contributed by atoms with Crippen LogP contribution in [0.4, 0.5) is 0 Å². The first kappa shape index (κ1) is 24.5. The minimum Gasteiger partial charge on any atom is -0.481 e. The van der Waals surface area contributed by atoms with Crippen LogP contribution in [0, 0.1) is 6.92 Å². The van der Waals surface area contributed by atoms with Gasteiger partial charge in [-0.2, -0.15) is 0 Å². The zero-order valence-corrected chi connectivity index (χ0v) is 19.3. The summed E-state index contributed by atoms with van der Waals surface area (Å²) in [6.07, 6.45) is -0.406. The smallest absolute Gasteiger partial charge is 0.306 e. The highest BCUT2D eigenvalue weighted by atomic mass is 35.5. The van der Waals surface area contributed by atoms with E-state index in [9.17, 15) is 9.59 Å². The van der Waals surface area contributed by atoms with Crippen molar-refractivity contribution in [1.29, 1.82) is 0 Å². The van der Waals surface area contributed by atoms with Gasteiger partial charge in [0, 0.05) is 14.9 Å². The van der Waals surface area contributed by atoms with Gasteiger partial charge in [-0.15, -0.1) is 0 Å². The number of carboxylic acids is 1. The van der Waals surface area contributed by atoms with E-state index in [4.69, 9.17) is 37.8 Å². The zero-order chi connectivity index (χ0) is 22.3. The number of rotatable bonds is 11. The van der Waals surface area contributed by atoms with Crippen molar-refractivity contribution in [2.24, 2.45) is 0 Å². The molecule has 0 fully saturated rings. The molecule has 30 heavy (non-hydrogen) atoms. The van der Waals surface area contributed by atoms with Crippen molar-refractivity contribution in [2.45, 2.75) is 56.2 Å². The highest BCUT2D eigenvalue weighted by Crippen LogP contribution is 2.37. The zero-order valence-electron chi connectivity index (χ0n) is 17.0. The summed E-state index contributed by atoms with van der Waals surface area (Å²) in [6, 6.07) is 5.36. The molecule has 1 heterocycles. The summed E-state index contributed by atoms with van der Waals surface area (Å²) < 4.78 is 12.6. The van der Waals surface area contributed by atoms with Gasteiger partial charge >= 0.3 is 11.9 Å². The van der Waals surface area contributed by atoms with Crippen LogP contribution in [0.2, 0.25) is 10.0 Å². The van der Waals surface area contributed by atoms with Crippen molar-refractivity contribution in [1.82, 2.24) is 9.55 Å². The van der Waals surface area contributed by atoms with E-state index in [1.807, 2.05) is 23.6 Å². The number of carbonyl (C=O) groups is 2. The fourth-order valence-electron chi connectivity index (χ4n) is 2.55. The van der Waals surface area contributed by atoms with Crippen LogP contribution in [0.5, 0.6) is 0 Å². The lowest BCUT2D eigenvalue weighted by atomic mass is 10.2. The highest BCUT2D eigenvalue weighted by Gasteiger charge is 2.19. The molecule has 1 aromatic carbocycles. The number of aryl methyl sites for hydroxylation is 1. The number of benzene rings is 1. The van der Waals surface area contributed by atoms with Crippen LogP contribution < -0.4 is 0 Å². The van der Waals surface area contributed by atoms with Crippen molar-refractivity contribution >= 4 is 46.9 Å². The molecule has 0 aliphatic rings. The van der Waals surface area contributed by atoms with Gasteiger partial charge in [0.1, 0.15) is 24.2 Å². The fraction of sp³-hybridized carbons (Fsp3) is 0.450. The number of carbonyl (C=O) groups excluding carboxylic acids is 1. The molecule has 0 spiro atoms. The summed E-state index contributed by atoms with van der Waals surface area (Å²) >= 11 is 13.8. The van der Waals surface area contributed by atoms with E-state index in [0.29, 0.717) is 10.0 Å². The van der Waals surface area contributed by atoms with Crippen LogP contribution in [0.3, 0.4) is 0 Å². The van der Waals surface area contributed by atoms with E-state index in [2.05, 4.69) is 18.8 Å². The van der Waals surface area contributed by atoms with Gasteiger partial charge in [0.2, 0.25) is 0 Å². The number of hydrogen-bond acceptors (Lipinski definition) is 6. The minimum absolute atomic E-state index is 0.0512. The van der Waals surface area contributed by atoms with E-state index in [1.54, 1.807) is 6.07 Å². The molecular weight excluding hydrogens is 451 g/mol. The number of halogens is 2. The van der Waals surface area contributed by atoms with Crippen molar-refractivity contribution in [3.63, 3.8) is 0 Å². The van der Waals surface area contributed by atoms with Crippen LogP contribution in [0.1, 0.15) is 44.1 Å². The topological polar surface area (TPSA) is 90.7 Å². The van der Waals surface area contributed by atoms with Gasteiger partial charge in [-0.3, -0.25) is 14.2 Å². The lowest BCUT2D eigenvalue weighted by Crippen LogP contribution is -2.14. The van der Waals surface area contributed by atoms with Crippen LogP contribution >= 0.6 is 35.0 Å². The molecule has 7 nitrogen and oxygen atoms in total. The first-order valence-electron chi connectivity index (χ1n) is 9.33. The number of ether oxygens (including phenoxy) is 2. The Morgan fingerprint density at radius 2 is 1.83 bits per heavy atom. The van der Waals surface area contributed by atoms with Gasteiger partial charge in [-0.1, -0.05) is 48.8 Å². The summed E-state index contributed by atoms with van der Waals surface area (Å²) in [7, 11) is 0. The Balaban J connectivity index is 2.01. The number of aliphatic carboxylic acids is 1. The molecule has 0 saturated heterocycles. The quantitative estimate of drug-likeness (QED) is 0.355. The van der Waals surface area contributed by atoms with E-state index >= 15 is 0 Å². The number of aromatic nitrogens is 2. The molecule has 1 N–H and O–H groups in total. The van der Waals surface area contributed by atoms with Gasteiger partial charge in [-0.05, 0) is 31.0 Å². The maximum Gasteiger partial charge on any atom is 0.306 e. The molecule has 0 aliphatic carbocycles. The Morgan fingerprint density at radius 1 is 1.17 bits per heavy atom. The largest absolute Gasteiger partial charge is 0.481 e. The van der Waals surface area contributed by atoms with Crippen LogP contribution in [-0.2, 0) is 25.8 Å². The lowest BCUT2D eigenvalue weighted by Gasteiger charge is -2.13. The highest BCUT2D eigenvalue weighted by molar-refractivity contribution is 7.99. The van der Waals surface area contributed by atoms with Crippen LogP contribution in [0.25, 0.3) is 0 Å². The number of esters is 1. The van der Waals surface area contributed by atoms with E-state index in [-0.39, 0.29) is 38.7 Å². The molecule has 0 atom stereocenters.